The molecule has 0 unspecified atom stereocenters. The molecule has 2 aromatic rings. The maximum Gasteiger partial charge on any atom is 0.258 e. The molecule has 1 N–H and O–H groups in total. The fraction of sp³-hybridized carbons (Fsp3) is 0.278. The Labute approximate surface area is 150 Å². The smallest absolute Gasteiger partial charge is 0.258 e. The zero-order chi connectivity index (χ0) is 16.7. The van der Waals surface area contributed by atoms with E-state index in [-0.39, 0.29) is 12.5 Å². The highest BCUT2D eigenvalue weighted by Crippen LogP contribution is 2.20. The van der Waals surface area contributed by atoms with Crippen molar-refractivity contribution in [3.05, 3.63) is 57.2 Å². The van der Waals surface area contributed by atoms with E-state index in [1.807, 2.05) is 56.3 Å². The Morgan fingerprint density at radius 3 is 2.57 bits per heavy atom. The molecule has 5 heteroatoms. The average molecular weight is 425 g/mol. The number of amides is 1. The molecule has 0 saturated carbocycles. The minimum atomic E-state index is -0.159. The molecule has 0 atom stereocenters. The number of carbonyl (C=O) groups excluding carboxylic acids is 1. The van der Waals surface area contributed by atoms with Crippen molar-refractivity contribution in [3.8, 4) is 11.5 Å². The Kier molecular flexibility index (Phi) is 6.70. The van der Waals surface area contributed by atoms with Gasteiger partial charge in [0.1, 0.15) is 18.1 Å². The Balaban J connectivity index is 1.67. The van der Waals surface area contributed by atoms with Crippen LogP contribution in [0.15, 0.2) is 42.5 Å². The molecule has 0 fully saturated rings. The van der Waals surface area contributed by atoms with Gasteiger partial charge in [-0.3, -0.25) is 4.79 Å². The van der Waals surface area contributed by atoms with Gasteiger partial charge >= 0.3 is 0 Å². The summed E-state index contributed by atoms with van der Waals surface area (Å²) in [6, 6.07) is 13.5. The molecule has 4 nitrogen and oxygen atoms in total. The first-order valence-corrected chi connectivity index (χ1v) is 8.48. The molecule has 0 heterocycles. The van der Waals surface area contributed by atoms with E-state index in [0.717, 1.165) is 14.9 Å². The summed E-state index contributed by atoms with van der Waals surface area (Å²) in [6.45, 7) is 4.95. The van der Waals surface area contributed by atoms with E-state index in [4.69, 9.17) is 9.47 Å². The quantitative estimate of drug-likeness (QED) is 0.546. The van der Waals surface area contributed by atoms with Crippen LogP contribution in [0.2, 0.25) is 0 Å². The number of halogens is 1. The van der Waals surface area contributed by atoms with E-state index < -0.39 is 0 Å². The van der Waals surface area contributed by atoms with Gasteiger partial charge in [0, 0.05) is 3.57 Å². The lowest BCUT2D eigenvalue weighted by Gasteiger charge is -2.11. The van der Waals surface area contributed by atoms with Gasteiger partial charge in [-0.1, -0.05) is 12.1 Å². The normalized spacial score (nSPS) is 10.2. The summed E-state index contributed by atoms with van der Waals surface area (Å²) in [5.74, 6) is 1.38. The van der Waals surface area contributed by atoms with Crippen LogP contribution in [0.5, 0.6) is 11.5 Å². The van der Waals surface area contributed by atoms with E-state index in [1.165, 1.54) is 5.56 Å². The van der Waals surface area contributed by atoms with Crippen LogP contribution in [0.3, 0.4) is 0 Å². The third-order valence-electron chi connectivity index (χ3n) is 3.42. The predicted octanol–water partition coefficient (Wildman–Crippen LogP) is 3.48. The second-order valence-corrected chi connectivity index (χ2v) is 6.38. The topological polar surface area (TPSA) is 47.6 Å². The van der Waals surface area contributed by atoms with Gasteiger partial charge in [0.15, 0.2) is 6.61 Å². The van der Waals surface area contributed by atoms with Gasteiger partial charge in [-0.15, -0.1) is 0 Å². The van der Waals surface area contributed by atoms with Crippen molar-refractivity contribution >= 4 is 28.5 Å². The first-order valence-electron chi connectivity index (χ1n) is 7.40. The number of ether oxygens (including phenoxy) is 2. The number of hydrogen-bond donors (Lipinski definition) is 1. The van der Waals surface area contributed by atoms with Crippen molar-refractivity contribution in [1.29, 1.82) is 0 Å². The standard InChI is InChI=1S/C18H20INO3/c1-13-4-3-5-17(14(13)2)22-11-10-20-18(21)12-23-16-8-6-15(19)7-9-16/h3-9H,10-12H2,1-2H3,(H,20,21). The van der Waals surface area contributed by atoms with Crippen molar-refractivity contribution in [2.24, 2.45) is 0 Å². The van der Waals surface area contributed by atoms with E-state index >= 15 is 0 Å². The number of nitrogens with one attached hydrogen (secondary N) is 1. The monoisotopic (exact) mass is 425 g/mol. The molecule has 122 valence electrons. The molecule has 1 amide bonds. The summed E-state index contributed by atoms with van der Waals surface area (Å²) in [4.78, 5) is 11.7. The third kappa shape index (κ3) is 5.74. The molecule has 2 rings (SSSR count). The zero-order valence-corrected chi connectivity index (χ0v) is 15.4. The summed E-state index contributed by atoms with van der Waals surface area (Å²) in [7, 11) is 0. The van der Waals surface area contributed by atoms with Gasteiger partial charge in [-0.2, -0.15) is 0 Å². The van der Waals surface area contributed by atoms with Crippen molar-refractivity contribution in [1.82, 2.24) is 5.32 Å². The molecule has 0 bridgehead atoms. The highest BCUT2D eigenvalue weighted by atomic mass is 127. The van der Waals surface area contributed by atoms with Gasteiger partial charge in [0.05, 0.1) is 6.54 Å². The number of benzene rings is 2. The van der Waals surface area contributed by atoms with Crippen molar-refractivity contribution in [3.63, 3.8) is 0 Å². The summed E-state index contributed by atoms with van der Waals surface area (Å²) in [6.07, 6.45) is 0. The Bertz CT molecular complexity index is 656. The van der Waals surface area contributed by atoms with Crippen LogP contribution in [0.4, 0.5) is 0 Å². The lowest BCUT2D eigenvalue weighted by atomic mass is 10.1. The van der Waals surface area contributed by atoms with Gasteiger partial charge in [-0.05, 0) is 77.9 Å². The first-order chi connectivity index (χ1) is 11.1. The van der Waals surface area contributed by atoms with E-state index in [9.17, 15) is 4.79 Å². The SMILES string of the molecule is Cc1cccc(OCCNC(=O)COc2ccc(I)cc2)c1C. The zero-order valence-electron chi connectivity index (χ0n) is 13.3. The summed E-state index contributed by atoms with van der Waals surface area (Å²) < 4.78 is 12.2. The lowest BCUT2D eigenvalue weighted by Crippen LogP contribution is -2.32. The largest absolute Gasteiger partial charge is 0.491 e. The van der Waals surface area contributed by atoms with Crippen LogP contribution in [0, 0.1) is 17.4 Å². The second-order valence-electron chi connectivity index (χ2n) is 5.14. The number of aryl methyl sites for hydroxylation is 1. The maximum atomic E-state index is 11.7. The summed E-state index contributed by atoms with van der Waals surface area (Å²) >= 11 is 2.22. The van der Waals surface area contributed by atoms with E-state index in [1.54, 1.807) is 0 Å². The van der Waals surface area contributed by atoms with E-state index in [0.29, 0.717) is 18.9 Å². The molecule has 0 saturated heterocycles. The Morgan fingerprint density at radius 1 is 1.09 bits per heavy atom. The Morgan fingerprint density at radius 2 is 1.83 bits per heavy atom. The average Bonchev–Trinajstić information content (AvgIpc) is 2.55. The van der Waals surface area contributed by atoms with Crippen LogP contribution in [0.25, 0.3) is 0 Å². The van der Waals surface area contributed by atoms with Crippen molar-refractivity contribution < 1.29 is 14.3 Å². The van der Waals surface area contributed by atoms with Gasteiger partial charge in [-0.25, -0.2) is 0 Å². The molecule has 2 aromatic carbocycles. The molecular weight excluding hydrogens is 405 g/mol. The maximum absolute atomic E-state index is 11.7. The lowest BCUT2D eigenvalue weighted by molar-refractivity contribution is -0.123. The molecule has 0 aliphatic heterocycles. The number of hydrogen-bond acceptors (Lipinski definition) is 3. The van der Waals surface area contributed by atoms with Crippen LogP contribution < -0.4 is 14.8 Å². The van der Waals surface area contributed by atoms with Gasteiger partial charge < -0.3 is 14.8 Å². The highest BCUT2D eigenvalue weighted by Gasteiger charge is 2.04. The summed E-state index contributed by atoms with van der Waals surface area (Å²) in [5.41, 5.74) is 2.32. The minimum Gasteiger partial charge on any atom is -0.491 e. The van der Waals surface area contributed by atoms with Crippen LogP contribution in [-0.2, 0) is 4.79 Å². The van der Waals surface area contributed by atoms with Crippen LogP contribution in [0.1, 0.15) is 11.1 Å². The second kappa shape index (κ2) is 8.76. The molecule has 23 heavy (non-hydrogen) atoms. The predicted molar refractivity (Wildman–Crippen MR) is 99.1 cm³/mol. The van der Waals surface area contributed by atoms with Gasteiger partial charge in [0.25, 0.3) is 5.91 Å². The van der Waals surface area contributed by atoms with Crippen molar-refractivity contribution in [2.75, 3.05) is 19.8 Å². The molecule has 0 aliphatic rings. The molecule has 0 spiro atoms. The first kappa shape index (κ1) is 17.6. The van der Waals surface area contributed by atoms with Crippen molar-refractivity contribution in [2.45, 2.75) is 13.8 Å². The Hall–Kier alpha value is -1.76. The van der Waals surface area contributed by atoms with Crippen LogP contribution in [-0.4, -0.2) is 25.7 Å². The number of carbonyl (C=O) groups is 1. The minimum absolute atomic E-state index is 0.00403. The van der Waals surface area contributed by atoms with Crippen LogP contribution >= 0.6 is 22.6 Å². The fourth-order valence-corrected chi connectivity index (χ4v) is 2.32. The molecular formula is C18H20INO3. The number of rotatable bonds is 7. The molecule has 0 aromatic heterocycles. The third-order valence-corrected chi connectivity index (χ3v) is 4.14. The molecule has 0 radical (unpaired) electrons. The summed E-state index contributed by atoms with van der Waals surface area (Å²) in [5, 5.41) is 2.78. The van der Waals surface area contributed by atoms with E-state index in [2.05, 4.69) is 27.9 Å². The fourth-order valence-electron chi connectivity index (χ4n) is 1.96. The highest BCUT2D eigenvalue weighted by molar-refractivity contribution is 14.1. The molecule has 0 aliphatic carbocycles. The van der Waals surface area contributed by atoms with Gasteiger partial charge in [0.2, 0.25) is 0 Å².